The Bertz CT molecular complexity index is 473. The van der Waals surface area contributed by atoms with Gasteiger partial charge in [-0.05, 0) is 39.8 Å². The van der Waals surface area contributed by atoms with Crippen molar-refractivity contribution in [2.45, 2.75) is 31.8 Å². The van der Waals surface area contributed by atoms with Crippen molar-refractivity contribution in [1.82, 2.24) is 14.7 Å². The first-order valence-corrected chi connectivity index (χ1v) is 8.20. The van der Waals surface area contributed by atoms with Crippen molar-refractivity contribution in [2.75, 3.05) is 53.4 Å². The lowest BCUT2D eigenvalue weighted by Crippen LogP contribution is -2.59. The normalized spacial score (nSPS) is 32.8. The van der Waals surface area contributed by atoms with Crippen LogP contribution in [0.3, 0.4) is 0 Å². The minimum absolute atomic E-state index is 0.0469. The molecule has 2 amide bonds. The predicted octanol–water partition coefficient (Wildman–Crippen LogP) is 0.178. The maximum atomic E-state index is 12.8. The molecule has 3 fully saturated rings. The zero-order valence-corrected chi connectivity index (χ0v) is 13.9. The van der Waals surface area contributed by atoms with Gasteiger partial charge < -0.3 is 19.4 Å². The van der Waals surface area contributed by atoms with Crippen LogP contribution in [0.25, 0.3) is 0 Å². The van der Waals surface area contributed by atoms with Crippen LogP contribution in [0, 0.1) is 5.41 Å². The summed E-state index contributed by atoms with van der Waals surface area (Å²) in [6.45, 7) is 6.23. The molecule has 3 rings (SSSR count). The van der Waals surface area contributed by atoms with Crippen LogP contribution in [-0.2, 0) is 14.3 Å². The molecule has 0 aromatic heterocycles. The number of carbonyl (C=O) groups is 2. The van der Waals surface area contributed by atoms with Gasteiger partial charge in [-0.1, -0.05) is 0 Å². The van der Waals surface area contributed by atoms with Crippen LogP contribution in [-0.4, -0.2) is 85.5 Å². The fraction of sp³-hybridized carbons (Fsp3) is 0.875. The van der Waals surface area contributed by atoms with Crippen LogP contribution < -0.4 is 0 Å². The number of carbonyl (C=O) groups excluding carboxylic acids is 2. The smallest absolute Gasteiger partial charge is 0.248 e. The Morgan fingerprint density at radius 1 is 1.09 bits per heavy atom. The monoisotopic (exact) mass is 309 g/mol. The highest BCUT2D eigenvalue weighted by Gasteiger charge is 2.46. The van der Waals surface area contributed by atoms with Gasteiger partial charge in [-0.2, -0.15) is 0 Å². The van der Waals surface area contributed by atoms with E-state index in [9.17, 15) is 9.59 Å². The summed E-state index contributed by atoms with van der Waals surface area (Å²) < 4.78 is 5.85. The number of hydrogen-bond donors (Lipinski definition) is 0. The topological polar surface area (TPSA) is 53.1 Å². The third-order valence-electron chi connectivity index (χ3n) is 5.60. The Morgan fingerprint density at radius 2 is 1.77 bits per heavy atom. The second-order valence-corrected chi connectivity index (χ2v) is 7.56. The Balaban J connectivity index is 1.60. The van der Waals surface area contributed by atoms with E-state index in [4.69, 9.17) is 4.74 Å². The zero-order chi connectivity index (χ0) is 16.0. The molecule has 3 saturated heterocycles. The van der Waals surface area contributed by atoms with Gasteiger partial charge in [-0.3, -0.25) is 9.59 Å². The Hall–Kier alpha value is -1.14. The van der Waals surface area contributed by atoms with Gasteiger partial charge in [0.05, 0.1) is 11.0 Å². The number of amides is 2. The number of hydrogen-bond acceptors (Lipinski definition) is 4. The molecule has 0 aromatic carbocycles. The van der Waals surface area contributed by atoms with Crippen molar-refractivity contribution in [3.05, 3.63) is 0 Å². The fourth-order valence-corrected chi connectivity index (χ4v) is 4.06. The van der Waals surface area contributed by atoms with Crippen molar-refractivity contribution in [1.29, 1.82) is 0 Å². The number of likely N-dealkylation sites (tertiary alicyclic amines) is 2. The SMILES string of the molecule is CN1CC[C@](C)(C(=O)N2CCC3(CC2)CN(C)C(=O)CO3)C1. The van der Waals surface area contributed by atoms with Crippen LogP contribution in [0.5, 0.6) is 0 Å². The molecule has 124 valence electrons. The number of likely N-dealkylation sites (N-methyl/N-ethyl adjacent to an activating group) is 1. The quantitative estimate of drug-likeness (QED) is 0.693. The molecule has 0 saturated carbocycles. The number of ether oxygens (including phenoxy) is 1. The van der Waals surface area contributed by atoms with E-state index in [2.05, 4.69) is 18.9 Å². The fourth-order valence-electron chi connectivity index (χ4n) is 4.06. The van der Waals surface area contributed by atoms with Crippen LogP contribution >= 0.6 is 0 Å². The second kappa shape index (κ2) is 5.49. The lowest BCUT2D eigenvalue weighted by Gasteiger charge is -2.47. The van der Waals surface area contributed by atoms with Gasteiger partial charge >= 0.3 is 0 Å². The van der Waals surface area contributed by atoms with Gasteiger partial charge in [0.25, 0.3) is 0 Å². The van der Waals surface area contributed by atoms with Gasteiger partial charge in [0.1, 0.15) is 6.61 Å². The molecular formula is C16H27N3O3. The molecule has 22 heavy (non-hydrogen) atoms. The van der Waals surface area contributed by atoms with Crippen molar-refractivity contribution in [3.8, 4) is 0 Å². The molecular weight excluding hydrogens is 282 g/mol. The van der Waals surface area contributed by atoms with Gasteiger partial charge in [0.15, 0.2) is 0 Å². The highest BCUT2D eigenvalue weighted by atomic mass is 16.5. The average Bonchev–Trinajstić information content (AvgIpc) is 2.84. The summed E-state index contributed by atoms with van der Waals surface area (Å²) in [6.07, 6.45) is 2.59. The first-order valence-electron chi connectivity index (χ1n) is 8.20. The first-order chi connectivity index (χ1) is 10.3. The van der Waals surface area contributed by atoms with Crippen LogP contribution in [0.4, 0.5) is 0 Å². The highest BCUT2D eigenvalue weighted by Crippen LogP contribution is 2.35. The molecule has 0 N–H and O–H groups in total. The van der Waals surface area contributed by atoms with Crippen molar-refractivity contribution >= 4 is 11.8 Å². The summed E-state index contributed by atoms with van der Waals surface area (Å²) in [5.41, 5.74) is -0.480. The Kier molecular flexibility index (Phi) is 3.93. The first kappa shape index (κ1) is 15.7. The van der Waals surface area contributed by atoms with E-state index in [-0.39, 0.29) is 29.4 Å². The lowest BCUT2D eigenvalue weighted by molar-refractivity contribution is -0.172. The molecule has 3 heterocycles. The summed E-state index contributed by atoms with van der Waals surface area (Å²) in [6, 6.07) is 0. The molecule has 0 radical (unpaired) electrons. The van der Waals surface area contributed by atoms with Crippen LogP contribution in [0.2, 0.25) is 0 Å². The van der Waals surface area contributed by atoms with E-state index in [0.29, 0.717) is 6.54 Å². The minimum Gasteiger partial charge on any atom is -0.363 e. The molecule has 0 aromatic rings. The molecule has 0 aliphatic carbocycles. The molecule has 0 bridgehead atoms. The maximum Gasteiger partial charge on any atom is 0.248 e. The summed E-state index contributed by atoms with van der Waals surface area (Å²) in [5.74, 6) is 0.331. The van der Waals surface area contributed by atoms with Gasteiger partial charge in [-0.25, -0.2) is 0 Å². The molecule has 3 aliphatic rings. The summed E-state index contributed by atoms with van der Waals surface area (Å²) in [4.78, 5) is 30.4. The largest absolute Gasteiger partial charge is 0.363 e. The van der Waals surface area contributed by atoms with Crippen molar-refractivity contribution in [3.63, 3.8) is 0 Å². The van der Waals surface area contributed by atoms with E-state index < -0.39 is 0 Å². The highest BCUT2D eigenvalue weighted by molar-refractivity contribution is 5.83. The molecule has 0 unspecified atom stereocenters. The van der Waals surface area contributed by atoms with Gasteiger partial charge in [-0.15, -0.1) is 0 Å². The summed E-state index contributed by atoms with van der Waals surface area (Å²) in [7, 11) is 3.91. The molecule has 1 atom stereocenters. The lowest BCUT2D eigenvalue weighted by atomic mass is 9.84. The summed E-state index contributed by atoms with van der Waals surface area (Å²) in [5, 5.41) is 0. The number of nitrogens with zero attached hydrogens (tertiary/aromatic N) is 3. The van der Waals surface area contributed by atoms with E-state index in [0.717, 1.165) is 45.4 Å². The van der Waals surface area contributed by atoms with E-state index in [1.807, 2.05) is 11.9 Å². The van der Waals surface area contributed by atoms with Crippen LogP contribution in [0.1, 0.15) is 26.2 Å². The average molecular weight is 309 g/mol. The molecule has 1 spiro atoms. The number of rotatable bonds is 1. The molecule has 3 aliphatic heterocycles. The predicted molar refractivity (Wildman–Crippen MR) is 82.4 cm³/mol. The van der Waals surface area contributed by atoms with Gasteiger partial charge in [0, 0.05) is 33.2 Å². The number of piperidine rings is 1. The van der Waals surface area contributed by atoms with E-state index in [1.54, 1.807) is 4.90 Å². The minimum atomic E-state index is -0.243. The molecule has 6 nitrogen and oxygen atoms in total. The van der Waals surface area contributed by atoms with Crippen molar-refractivity contribution in [2.24, 2.45) is 5.41 Å². The third-order valence-corrected chi connectivity index (χ3v) is 5.60. The van der Waals surface area contributed by atoms with Crippen LogP contribution in [0.15, 0.2) is 0 Å². The second-order valence-electron chi connectivity index (χ2n) is 7.56. The summed E-state index contributed by atoms with van der Waals surface area (Å²) >= 11 is 0. The maximum absolute atomic E-state index is 12.8. The van der Waals surface area contributed by atoms with Crippen molar-refractivity contribution < 1.29 is 14.3 Å². The van der Waals surface area contributed by atoms with Gasteiger partial charge in [0.2, 0.25) is 11.8 Å². The van der Waals surface area contributed by atoms with E-state index >= 15 is 0 Å². The Labute approximate surface area is 132 Å². The molecule has 6 heteroatoms. The Morgan fingerprint density at radius 3 is 2.32 bits per heavy atom. The number of morpholine rings is 1. The zero-order valence-electron chi connectivity index (χ0n) is 13.9. The standard InChI is InChI=1S/C16H27N3O3/c1-15(4-7-17(2)11-15)14(21)19-8-5-16(6-9-19)12-18(3)13(20)10-22-16/h4-12H2,1-3H3/t15-/m0/s1. The van der Waals surface area contributed by atoms with E-state index in [1.165, 1.54) is 0 Å². The third kappa shape index (κ3) is 2.74.